The molecule has 3 fully saturated rings. The molecule has 0 saturated carbocycles. The first kappa shape index (κ1) is 25.6. The topological polar surface area (TPSA) is 91.0 Å². The molecule has 1 aromatic carbocycles. The molecule has 1 aromatic heterocycles. The van der Waals surface area contributed by atoms with Crippen molar-refractivity contribution in [1.82, 2.24) is 19.2 Å². The van der Waals surface area contributed by atoms with Gasteiger partial charge in [0, 0.05) is 32.3 Å². The summed E-state index contributed by atoms with van der Waals surface area (Å²) in [4.78, 5) is 15.1. The Morgan fingerprint density at radius 3 is 2.58 bits per heavy atom. The van der Waals surface area contributed by atoms with Crippen LogP contribution in [-0.4, -0.2) is 68.1 Å². The van der Waals surface area contributed by atoms with E-state index in [1.165, 1.54) is 20.4 Å². The number of hydrogen-bond acceptors (Lipinski definition) is 7. The molecule has 198 valence electrons. The summed E-state index contributed by atoms with van der Waals surface area (Å²) in [6.45, 7) is 4.43. The molecule has 2 aromatic rings. The Morgan fingerprint density at radius 1 is 1.08 bits per heavy atom. The number of ether oxygens (including phenoxy) is 3. The van der Waals surface area contributed by atoms with Crippen LogP contribution in [0.3, 0.4) is 0 Å². The molecular formula is C27H40N4O5. The van der Waals surface area contributed by atoms with Crippen LogP contribution in [-0.2, 0) is 41.0 Å². The molecule has 1 N–H and O–H groups in total. The van der Waals surface area contributed by atoms with E-state index in [1.54, 1.807) is 7.05 Å². The first-order chi connectivity index (χ1) is 17.5. The van der Waals surface area contributed by atoms with Gasteiger partial charge in [0.2, 0.25) is 0 Å². The number of aryl methyl sites for hydroxylation is 1. The van der Waals surface area contributed by atoms with E-state index in [4.69, 9.17) is 14.2 Å². The van der Waals surface area contributed by atoms with E-state index in [0.717, 1.165) is 44.9 Å². The van der Waals surface area contributed by atoms with Gasteiger partial charge in [0.1, 0.15) is 6.61 Å². The van der Waals surface area contributed by atoms with Gasteiger partial charge >= 0.3 is 5.69 Å². The first-order valence-corrected chi connectivity index (χ1v) is 13.4. The third kappa shape index (κ3) is 5.92. The Bertz CT molecular complexity index is 1050. The molecular weight excluding hydrogens is 460 g/mol. The molecule has 9 nitrogen and oxygen atoms in total. The number of hydrogen-bond donors (Lipinski definition) is 1. The lowest BCUT2D eigenvalue weighted by molar-refractivity contribution is -0.170. The standard InChI is InChI=1S/C27H40N4O5/c1-19-7-3-4-8-20(19)17-35-24-13-21-10-11-22(14-24)30(21)15-23(32)16-31-27(33)29(2)25(28-31)18-36-26-9-5-6-12-34-26/h3-4,7-8,21-24,26,32H,5-6,9-18H2,1-2H3. The van der Waals surface area contributed by atoms with E-state index >= 15 is 0 Å². The summed E-state index contributed by atoms with van der Waals surface area (Å²) in [5.41, 5.74) is 2.28. The van der Waals surface area contributed by atoms with Crippen LogP contribution in [0.4, 0.5) is 0 Å². The van der Waals surface area contributed by atoms with Gasteiger partial charge in [-0.25, -0.2) is 9.48 Å². The summed E-state index contributed by atoms with van der Waals surface area (Å²) in [6, 6.07) is 9.22. The van der Waals surface area contributed by atoms with Crippen LogP contribution >= 0.6 is 0 Å². The number of rotatable bonds is 10. The van der Waals surface area contributed by atoms with Crippen LogP contribution in [0.2, 0.25) is 0 Å². The average Bonchev–Trinajstić information content (AvgIpc) is 3.26. The maximum atomic E-state index is 12.7. The molecule has 3 aliphatic rings. The van der Waals surface area contributed by atoms with Gasteiger partial charge in [-0.1, -0.05) is 24.3 Å². The van der Waals surface area contributed by atoms with Crippen molar-refractivity contribution in [2.75, 3.05) is 13.2 Å². The second kappa shape index (κ2) is 11.6. The molecule has 2 bridgehead atoms. The van der Waals surface area contributed by atoms with Gasteiger partial charge in [0.25, 0.3) is 0 Å². The van der Waals surface area contributed by atoms with E-state index in [0.29, 0.717) is 37.7 Å². The highest BCUT2D eigenvalue weighted by atomic mass is 16.7. The molecule has 5 rings (SSSR count). The Hall–Kier alpha value is -2.04. The lowest BCUT2D eigenvalue weighted by Crippen LogP contribution is -2.49. The van der Waals surface area contributed by atoms with Crippen molar-refractivity contribution in [3.63, 3.8) is 0 Å². The number of nitrogens with zero attached hydrogens (tertiary/aromatic N) is 4. The van der Waals surface area contributed by atoms with Gasteiger partial charge in [-0.15, -0.1) is 0 Å². The van der Waals surface area contributed by atoms with Crippen molar-refractivity contribution in [2.45, 2.75) is 102 Å². The zero-order valence-corrected chi connectivity index (χ0v) is 21.6. The second-order valence-electron chi connectivity index (χ2n) is 10.6. The quantitative estimate of drug-likeness (QED) is 0.536. The molecule has 0 spiro atoms. The molecule has 0 amide bonds. The minimum absolute atomic E-state index is 0.176. The smallest absolute Gasteiger partial charge is 0.345 e. The molecule has 0 aliphatic carbocycles. The predicted molar refractivity (Wildman–Crippen MR) is 134 cm³/mol. The van der Waals surface area contributed by atoms with E-state index in [-0.39, 0.29) is 31.2 Å². The number of piperidine rings is 1. The summed E-state index contributed by atoms with van der Waals surface area (Å²) < 4.78 is 20.6. The zero-order valence-electron chi connectivity index (χ0n) is 21.6. The van der Waals surface area contributed by atoms with E-state index in [2.05, 4.69) is 41.2 Å². The maximum absolute atomic E-state index is 12.7. The number of benzene rings is 1. The molecule has 4 heterocycles. The molecule has 4 unspecified atom stereocenters. The molecule has 36 heavy (non-hydrogen) atoms. The highest BCUT2D eigenvalue weighted by molar-refractivity contribution is 5.24. The lowest BCUT2D eigenvalue weighted by atomic mass is 9.99. The zero-order chi connectivity index (χ0) is 25.1. The van der Waals surface area contributed by atoms with Crippen LogP contribution in [0.15, 0.2) is 29.1 Å². The van der Waals surface area contributed by atoms with Gasteiger partial charge in [-0.2, -0.15) is 5.10 Å². The first-order valence-electron chi connectivity index (χ1n) is 13.4. The van der Waals surface area contributed by atoms with E-state index in [1.807, 2.05) is 0 Å². The number of aliphatic hydroxyl groups is 1. The third-order valence-electron chi connectivity index (χ3n) is 8.05. The molecule has 9 heteroatoms. The maximum Gasteiger partial charge on any atom is 0.345 e. The fourth-order valence-electron chi connectivity index (χ4n) is 5.93. The number of aliphatic hydroxyl groups excluding tert-OH is 1. The van der Waals surface area contributed by atoms with Crippen LogP contribution in [0.5, 0.6) is 0 Å². The van der Waals surface area contributed by atoms with Gasteiger partial charge in [0.05, 0.1) is 25.4 Å². The van der Waals surface area contributed by atoms with Crippen molar-refractivity contribution in [2.24, 2.45) is 7.05 Å². The largest absolute Gasteiger partial charge is 0.390 e. The van der Waals surface area contributed by atoms with Crippen LogP contribution in [0.1, 0.15) is 61.9 Å². The number of aromatic nitrogens is 3. The van der Waals surface area contributed by atoms with Crippen molar-refractivity contribution in [1.29, 1.82) is 0 Å². The van der Waals surface area contributed by atoms with Gasteiger partial charge < -0.3 is 19.3 Å². The van der Waals surface area contributed by atoms with E-state index < -0.39 is 6.10 Å². The summed E-state index contributed by atoms with van der Waals surface area (Å²) >= 11 is 0. The Balaban J connectivity index is 1.12. The van der Waals surface area contributed by atoms with Crippen molar-refractivity contribution in [3.05, 3.63) is 51.7 Å². The van der Waals surface area contributed by atoms with Crippen molar-refractivity contribution in [3.8, 4) is 0 Å². The van der Waals surface area contributed by atoms with E-state index in [9.17, 15) is 9.90 Å². The van der Waals surface area contributed by atoms with Gasteiger partial charge in [-0.3, -0.25) is 9.47 Å². The lowest BCUT2D eigenvalue weighted by Gasteiger charge is -2.39. The normalized spacial score (nSPS) is 27.4. The summed E-state index contributed by atoms with van der Waals surface area (Å²) in [5, 5.41) is 15.3. The average molecular weight is 501 g/mol. The minimum atomic E-state index is -0.666. The summed E-state index contributed by atoms with van der Waals surface area (Å²) in [5.74, 6) is 0.549. The minimum Gasteiger partial charge on any atom is -0.390 e. The fourth-order valence-corrected chi connectivity index (χ4v) is 5.93. The molecule has 3 saturated heterocycles. The van der Waals surface area contributed by atoms with Crippen molar-refractivity contribution < 1.29 is 19.3 Å². The monoisotopic (exact) mass is 500 g/mol. The van der Waals surface area contributed by atoms with Gasteiger partial charge in [-0.05, 0) is 63.0 Å². The third-order valence-corrected chi connectivity index (χ3v) is 8.05. The Morgan fingerprint density at radius 2 is 1.86 bits per heavy atom. The van der Waals surface area contributed by atoms with Gasteiger partial charge in [0.15, 0.2) is 12.1 Å². The second-order valence-corrected chi connectivity index (χ2v) is 10.6. The highest BCUT2D eigenvalue weighted by Gasteiger charge is 2.41. The number of fused-ring (bicyclic) bond motifs is 2. The van der Waals surface area contributed by atoms with Crippen LogP contribution in [0.25, 0.3) is 0 Å². The Kier molecular flexibility index (Phi) is 8.22. The molecule has 4 atom stereocenters. The molecule has 0 radical (unpaired) electrons. The fraction of sp³-hybridized carbons (Fsp3) is 0.704. The summed E-state index contributed by atoms with van der Waals surface area (Å²) in [6.07, 6.45) is 6.61. The van der Waals surface area contributed by atoms with Crippen LogP contribution in [0, 0.1) is 6.92 Å². The Labute approximate surface area is 212 Å². The molecule has 3 aliphatic heterocycles. The highest BCUT2D eigenvalue weighted by Crippen LogP contribution is 2.37. The van der Waals surface area contributed by atoms with Crippen LogP contribution < -0.4 is 5.69 Å². The predicted octanol–water partition coefficient (Wildman–Crippen LogP) is 2.51. The summed E-state index contributed by atoms with van der Waals surface area (Å²) in [7, 11) is 1.70. The van der Waals surface area contributed by atoms with Crippen molar-refractivity contribution >= 4 is 0 Å². The SMILES string of the molecule is Cc1ccccc1COC1CC2CCC(C1)N2CC(O)Cn1nc(COC2CCCCO2)n(C)c1=O.